The zero-order chi connectivity index (χ0) is 23.4. The maximum atomic E-state index is 12.6. The molecule has 0 saturated heterocycles. The summed E-state index contributed by atoms with van der Waals surface area (Å²) in [6.45, 7) is 5.18. The number of guanidine groups is 1. The SMILES string of the molecule is CC(NC(=O)C(CCCN=C(N)N)NC(=O)C(N)C(C)C)C(=O)NC(CS)C(=O)O. The van der Waals surface area contributed by atoms with Gasteiger partial charge in [-0.05, 0) is 25.7 Å². The Bertz CT molecular complexity index is 640. The van der Waals surface area contributed by atoms with Crippen LogP contribution in [0.1, 0.15) is 33.6 Å². The molecule has 12 nitrogen and oxygen atoms in total. The third-order valence-electron chi connectivity index (χ3n) is 4.15. The minimum absolute atomic E-state index is 0.0932. The Morgan fingerprint density at radius 2 is 1.53 bits per heavy atom. The lowest BCUT2D eigenvalue weighted by Crippen LogP contribution is -2.57. The van der Waals surface area contributed by atoms with Crippen molar-refractivity contribution in [2.75, 3.05) is 12.3 Å². The molecule has 0 rings (SSSR count). The number of rotatable bonds is 13. The zero-order valence-corrected chi connectivity index (χ0v) is 18.3. The zero-order valence-electron chi connectivity index (χ0n) is 17.4. The Labute approximate surface area is 181 Å². The number of hydrogen-bond donors (Lipinski definition) is 8. The normalized spacial score (nSPS) is 14.7. The van der Waals surface area contributed by atoms with Crippen molar-refractivity contribution in [3.05, 3.63) is 0 Å². The van der Waals surface area contributed by atoms with Gasteiger partial charge in [0.25, 0.3) is 0 Å². The smallest absolute Gasteiger partial charge is 0.327 e. The second kappa shape index (κ2) is 13.6. The summed E-state index contributed by atoms with van der Waals surface area (Å²) < 4.78 is 0. The van der Waals surface area contributed by atoms with Gasteiger partial charge in [0.15, 0.2) is 5.96 Å². The number of aliphatic carboxylic acids is 1. The van der Waals surface area contributed by atoms with Crippen LogP contribution in [0.4, 0.5) is 0 Å². The first-order valence-corrected chi connectivity index (χ1v) is 10.1. The van der Waals surface area contributed by atoms with E-state index in [0.29, 0.717) is 6.42 Å². The summed E-state index contributed by atoms with van der Waals surface area (Å²) in [5.41, 5.74) is 16.4. The highest BCUT2D eigenvalue weighted by Crippen LogP contribution is 2.04. The maximum absolute atomic E-state index is 12.6. The van der Waals surface area contributed by atoms with E-state index in [1.54, 1.807) is 13.8 Å². The van der Waals surface area contributed by atoms with Gasteiger partial charge in [-0.3, -0.25) is 19.4 Å². The summed E-state index contributed by atoms with van der Waals surface area (Å²) in [6.07, 6.45) is 0.580. The molecule has 3 amide bonds. The molecular weight excluding hydrogens is 414 g/mol. The minimum atomic E-state index is -1.25. The number of nitrogens with zero attached hydrogens (tertiary/aromatic N) is 1. The number of carboxylic acids is 1. The van der Waals surface area contributed by atoms with Crippen LogP contribution in [0.5, 0.6) is 0 Å². The van der Waals surface area contributed by atoms with Gasteiger partial charge in [-0.15, -0.1) is 0 Å². The number of carboxylic acid groups (broad SMARTS) is 1. The molecule has 0 aliphatic rings. The number of nitrogens with two attached hydrogens (primary N) is 3. The molecule has 0 aliphatic heterocycles. The van der Waals surface area contributed by atoms with Crippen molar-refractivity contribution in [1.82, 2.24) is 16.0 Å². The van der Waals surface area contributed by atoms with Crippen LogP contribution >= 0.6 is 12.6 Å². The van der Waals surface area contributed by atoms with Crippen LogP contribution in [0.15, 0.2) is 4.99 Å². The van der Waals surface area contributed by atoms with E-state index in [4.69, 9.17) is 22.3 Å². The van der Waals surface area contributed by atoms with Crippen molar-refractivity contribution in [3.8, 4) is 0 Å². The van der Waals surface area contributed by atoms with E-state index in [1.807, 2.05) is 0 Å². The molecule has 0 aromatic heterocycles. The van der Waals surface area contributed by atoms with Gasteiger partial charge in [-0.1, -0.05) is 13.8 Å². The lowest BCUT2D eigenvalue weighted by atomic mass is 10.0. The molecule has 10 N–H and O–H groups in total. The number of carbonyl (C=O) groups is 4. The lowest BCUT2D eigenvalue weighted by molar-refractivity contribution is -0.141. The summed E-state index contributed by atoms with van der Waals surface area (Å²) in [7, 11) is 0. The van der Waals surface area contributed by atoms with Crippen molar-refractivity contribution in [1.29, 1.82) is 0 Å². The molecule has 30 heavy (non-hydrogen) atoms. The highest BCUT2D eigenvalue weighted by atomic mass is 32.1. The van der Waals surface area contributed by atoms with Gasteiger partial charge in [0.05, 0.1) is 6.04 Å². The number of nitrogens with one attached hydrogen (secondary N) is 3. The van der Waals surface area contributed by atoms with E-state index in [-0.39, 0.29) is 30.6 Å². The standard InChI is InChI=1S/C17H33N7O5S/c1-8(2)12(18)15(27)23-10(5-4-6-21-17(19)20)14(26)22-9(3)13(25)24-11(7-30)16(28)29/h8-12,30H,4-7,18H2,1-3H3,(H,22,26)(H,23,27)(H,24,25)(H,28,29)(H4,19,20,21). The Hall–Kier alpha value is -2.54. The molecule has 0 fully saturated rings. The third-order valence-corrected chi connectivity index (χ3v) is 4.51. The van der Waals surface area contributed by atoms with E-state index in [2.05, 4.69) is 33.6 Å². The molecule has 0 radical (unpaired) electrons. The van der Waals surface area contributed by atoms with Gasteiger partial charge in [0, 0.05) is 12.3 Å². The molecule has 0 spiro atoms. The number of carbonyl (C=O) groups excluding carboxylic acids is 3. The van der Waals surface area contributed by atoms with Crippen LogP contribution < -0.4 is 33.2 Å². The van der Waals surface area contributed by atoms with Crippen LogP contribution in [0, 0.1) is 5.92 Å². The Morgan fingerprint density at radius 1 is 0.967 bits per heavy atom. The first-order valence-electron chi connectivity index (χ1n) is 9.46. The number of thiol groups is 1. The predicted molar refractivity (Wildman–Crippen MR) is 116 cm³/mol. The van der Waals surface area contributed by atoms with Gasteiger partial charge in [-0.25, -0.2) is 4.79 Å². The summed E-state index contributed by atoms with van der Waals surface area (Å²) in [6, 6.07) is -4.04. The quantitative estimate of drug-likeness (QED) is 0.0652. The molecular formula is C17H33N7O5S. The van der Waals surface area contributed by atoms with Crippen molar-refractivity contribution >= 4 is 42.3 Å². The van der Waals surface area contributed by atoms with Crippen LogP contribution in [0.3, 0.4) is 0 Å². The largest absolute Gasteiger partial charge is 0.480 e. The fraction of sp³-hybridized carbons (Fsp3) is 0.706. The fourth-order valence-electron chi connectivity index (χ4n) is 2.20. The van der Waals surface area contributed by atoms with Gasteiger partial charge >= 0.3 is 5.97 Å². The molecule has 172 valence electrons. The van der Waals surface area contributed by atoms with Crippen LogP contribution in [-0.2, 0) is 19.2 Å². The topological polar surface area (TPSA) is 215 Å². The maximum Gasteiger partial charge on any atom is 0.327 e. The van der Waals surface area contributed by atoms with E-state index in [9.17, 15) is 19.2 Å². The molecule has 0 aliphatic carbocycles. The second-order valence-corrected chi connectivity index (χ2v) is 7.46. The Kier molecular flexibility index (Phi) is 12.5. The van der Waals surface area contributed by atoms with E-state index in [1.165, 1.54) is 6.92 Å². The molecule has 13 heteroatoms. The molecule has 0 bridgehead atoms. The number of amides is 3. The van der Waals surface area contributed by atoms with Crippen LogP contribution in [-0.4, -0.2) is 71.2 Å². The van der Waals surface area contributed by atoms with Gasteiger partial charge in [0.1, 0.15) is 18.1 Å². The Balaban J connectivity index is 5.10. The fourth-order valence-corrected chi connectivity index (χ4v) is 2.45. The van der Waals surface area contributed by atoms with Crippen LogP contribution in [0.25, 0.3) is 0 Å². The van der Waals surface area contributed by atoms with Crippen molar-refractivity contribution in [2.24, 2.45) is 28.1 Å². The molecule has 0 aromatic carbocycles. The van der Waals surface area contributed by atoms with E-state index >= 15 is 0 Å². The highest BCUT2D eigenvalue weighted by molar-refractivity contribution is 7.80. The number of aliphatic imine (C=N–C) groups is 1. The third kappa shape index (κ3) is 10.3. The predicted octanol–water partition coefficient (Wildman–Crippen LogP) is -2.49. The van der Waals surface area contributed by atoms with E-state index < -0.39 is 47.9 Å². The average molecular weight is 448 g/mol. The monoisotopic (exact) mass is 447 g/mol. The van der Waals surface area contributed by atoms with Crippen molar-refractivity contribution in [2.45, 2.75) is 57.8 Å². The first kappa shape index (κ1) is 27.5. The lowest BCUT2D eigenvalue weighted by Gasteiger charge is -2.24. The number of hydrogen-bond acceptors (Lipinski definition) is 7. The van der Waals surface area contributed by atoms with E-state index in [0.717, 1.165) is 0 Å². The molecule has 0 aromatic rings. The first-order chi connectivity index (χ1) is 13.9. The minimum Gasteiger partial charge on any atom is -0.480 e. The van der Waals surface area contributed by atoms with Gasteiger partial charge < -0.3 is 38.3 Å². The summed E-state index contributed by atoms with van der Waals surface area (Å²) >= 11 is 3.86. The van der Waals surface area contributed by atoms with Crippen molar-refractivity contribution < 1.29 is 24.3 Å². The average Bonchev–Trinajstić information content (AvgIpc) is 2.66. The second-order valence-electron chi connectivity index (χ2n) is 7.09. The summed E-state index contributed by atoms with van der Waals surface area (Å²) in [5, 5.41) is 16.3. The molecule has 0 saturated carbocycles. The van der Waals surface area contributed by atoms with Gasteiger partial charge in [-0.2, -0.15) is 12.6 Å². The van der Waals surface area contributed by atoms with Gasteiger partial charge in [0.2, 0.25) is 17.7 Å². The molecule has 4 unspecified atom stereocenters. The highest BCUT2D eigenvalue weighted by Gasteiger charge is 2.28. The molecule has 0 heterocycles. The Morgan fingerprint density at radius 3 is 2.00 bits per heavy atom. The molecule has 4 atom stereocenters. The van der Waals surface area contributed by atoms with Crippen LogP contribution in [0.2, 0.25) is 0 Å². The summed E-state index contributed by atoms with van der Waals surface area (Å²) in [5.74, 6) is -3.43. The van der Waals surface area contributed by atoms with Crippen molar-refractivity contribution in [3.63, 3.8) is 0 Å². The summed E-state index contributed by atoms with van der Waals surface area (Å²) in [4.78, 5) is 51.9.